The lowest BCUT2D eigenvalue weighted by Gasteiger charge is -2.05. The second-order valence-corrected chi connectivity index (χ2v) is 6.11. The molecule has 0 radical (unpaired) electrons. The van der Waals surface area contributed by atoms with E-state index in [1.54, 1.807) is 31.3 Å². The minimum absolute atomic E-state index is 0.126. The van der Waals surface area contributed by atoms with E-state index >= 15 is 0 Å². The number of aromatic nitrogens is 4. The predicted octanol–water partition coefficient (Wildman–Crippen LogP) is 3.16. The van der Waals surface area contributed by atoms with E-state index in [1.165, 1.54) is 18.0 Å². The topological polar surface area (TPSA) is 102 Å². The Morgan fingerprint density at radius 2 is 2.04 bits per heavy atom. The molecule has 0 saturated heterocycles. The van der Waals surface area contributed by atoms with Gasteiger partial charge in [-0.15, -0.1) is 0 Å². The summed E-state index contributed by atoms with van der Waals surface area (Å²) < 4.78 is 6.00. The van der Waals surface area contributed by atoms with Gasteiger partial charge in [0.25, 0.3) is 5.91 Å². The van der Waals surface area contributed by atoms with Crippen LogP contribution in [0.1, 0.15) is 21.0 Å². The van der Waals surface area contributed by atoms with Gasteiger partial charge in [-0.1, -0.05) is 23.2 Å². The number of carbonyl (C=O) groups excluding carboxylic acids is 2. The summed E-state index contributed by atoms with van der Waals surface area (Å²) in [5, 5.41) is 14.2. The number of aromatic amines is 1. The van der Waals surface area contributed by atoms with Crippen LogP contribution in [-0.2, 0) is 11.8 Å². The number of H-pyrrole nitrogens is 1. The van der Waals surface area contributed by atoms with Crippen molar-refractivity contribution < 1.29 is 14.3 Å². The number of halogens is 2. The molecular formula is C16H13Cl2N5O3. The number of nitrogens with one attached hydrogen (secondary N) is 2. The third-order valence-electron chi connectivity index (χ3n) is 3.60. The zero-order chi connectivity index (χ0) is 18.8. The smallest absolute Gasteiger partial charge is 0.358 e. The second-order valence-electron chi connectivity index (χ2n) is 5.27. The van der Waals surface area contributed by atoms with Gasteiger partial charge in [-0.3, -0.25) is 14.6 Å². The molecule has 0 fully saturated rings. The average Bonchev–Trinajstić information content (AvgIpc) is 3.22. The van der Waals surface area contributed by atoms with Crippen molar-refractivity contribution >= 4 is 40.8 Å². The summed E-state index contributed by atoms with van der Waals surface area (Å²) in [6, 6.07) is 6.51. The maximum Gasteiger partial charge on any atom is 0.358 e. The van der Waals surface area contributed by atoms with E-state index in [0.717, 1.165) is 0 Å². The average molecular weight is 394 g/mol. The van der Waals surface area contributed by atoms with Crippen LogP contribution >= 0.6 is 23.2 Å². The number of methoxy groups -OCH3 is 1. The number of carbonyl (C=O) groups is 2. The molecule has 1 aromatic carbocycles. The van der Waals surface area contributed by atoms with E-state index in [2.05, 4.69) is 20.6 Å². The summed E-state index contributed by atoms with van der Waals surface area (Å²) in [7, 11) is 2.82. The van der Waals surface area contributed by atoms with Gasteiger partial charge in [0.2, 0.25) is 0 Å². The molecule has 8 nitrogen and oxygen atoms in total. The minimum atomic E-state index is -0.612. The first-order valence-electron chi connectivity index (χ1n) is 7.33. The molecule has 2 aromatic heterocycles. The van der Waals surface area contributed by atoms with Gasteiger partial charge in [-0.25, -0.2) is 4.79 Å². The third-order valence-corrected chi connectivity index (χ3v) is 4.14. The van der Waals surface area contributed by atoms with E-state index in [1.807, 2.05) is 0 Å². The summed E-state index contributed by atoms with van der Waals surface area (Å²) in [4.78, 5) is 24.3. The van der Waals surface area contributed by atoms with Crippen molar-refractivity contribution in [3.05, 3.63) is 51.9 Å². The second kappa shape index (κ2) is 7.19. The van der Waals surface area contributed by atoms with E-state index in [0.29, 0.717) is 21.3 Å². The molecule has 0 unspecified atom stereocenters. The summed E-state index contributed by atoms with van der Waals surface area (Å²) in [5.74, 6) is -1.11. The van der Waals surface area contributed by atoms with Gasteiger partial charge in [-0.2, -0.15) is 10.2 Å². The molecule has 26 heavy (non-hydrogen) atoms. The highest BCUT2D eigenvalue weighted by atomic mass is 35.5. The third kappa shape index (κ3) is 3.42. The fourth-order valence-electron chi connectivity index (χ4n) is 2.33. The molecule has 0 aliphatic rings. The molecular weight excluding hydrogens is 381 g/mol. The van der Waals surface area contributed by atoms with Gasteiger partial charge >= 0.3 is 5.97 Å². The number of esters is 1. The molecule has 1 amide bonds. The monoisotopic (exact) mass is 393 g/mol. The number of benzene rings is 1. The van der Waals surface area contributed by atoms with Gasteiger partial charge in [0.15, 0.2) is 5.69 Å². The van der Waals surface area contributed by atoms with Gasteiger partial charge < -0.3 is 10.1 Å². The molecule has 2 N–H and O–H groups in total. The molecule has 134 valence electrons. The lowest BCUT2D eigenvalue weighted by Crippen LogP contribution is -2.16. The van der Waals surface area contributed by atoms with Crippen molar-refractivity contribution in [3.8, 4) is 11.3 Å². The molecule has 2 heterocycles. The maximum atomic E-state index is 12.4. The zero-order valence-corrected chi connectivity index (χ0v) is 15.2. The lowest BCUT2D eigenvalue weighted by atomic mass is 10.1. The number of hydrogen-bond acceptors (Lipinski definition) is 5. The maximum absolute atomic E-state index is 12.4. The van der Waals surface area contributed by atoms with Crippen molar-refractivity contribution in [2.75, 3.05) is 12.4 Å². The van der Waals surface area contributed by atoms with Crippen LogP contribution in [0.3, 0.4) is 0 Å². The highest BCUT2D eigenvalue weighted by molar-refractivity contribution is 6.36. The van der Waals surface area contributed by atoms with Gasteiger partial charge in [0, 0.05) is 17.6 Å². The van der Waals surface area contributed by atoms with Crippen molar-refractivity contribution in [1.29, 1.82) is 0 Å². The normalized spacial score (nSPS) is 10.6. The molecule has 0 saturated carbocycles. The SMILES string of the molecule is COC(=O)c1c(NC(=O)c2cc(-c3ccc(Cl)cc3Cl)n[nH]2)cnn1C. The van der Waals surface area contributed by atoms with Crippen LogP contribution in [0.5, 0.6) is 0 Å². The van der Waals surface area contributed by atoms with E-state index in [9.17, 15) is 9.59 Å². The number of hydrogen-bond donors (Lipinski definition) is 2. The quantitative estimate of drug-likeness (QED) is 0.662. The Kier molecular flexibility index (Phi) is 4.97. The standard InChI is InChI=1S/C16H13Cl2N5O3/c1-23-14(16(25)26-2)13(7-19-23)20-15(24)12-6-11(21-22-12)9-4-3-8(17)5-10(9)18/h3-7H,1-2H3,(H,20,24)(H,21,22). The Morgan fingerprint density at radius 3 is 2.73 bits per heavy atom. The molecule has 3 aromatic rings. The number of nitrogens with zero attached hydrogens (tertiary/aromatic N) is 3. The first-order chi connectivity index (χ1) is 12.4. The van der Waals surface area contributed by atoms with Crippen molar-refractivity contribution in [3.63, 3.8) is 0 Å². The Bertz CT molecular complexity index is 996. The number of anilines is 1. The molecule has 0 bridgehead atoms. The Labute approximate surface area is 158 Å². The lowest BCUT2D eigenvalue weighted by molar-refractivity contribution is 0.0589. The molecule has 0 aliphatic heterocycles. The number of ether oxygens (including phenoxy) is 1. The predicted molar refractivity (Wildman–Crippen MR) is 96.5 cm³/mol. The summed E-state index contributed by atoms with van der Waals surface area (Å²) >= 11 is 12.0. The summed E-state index contributed by atoms with van der Waals surface area (Å²) in [5.41, 5.74) is 1.65. The van der Waals surface area contributed by atoms with Crippen LogP contribution in [0.25, 0.3) is 11.3 Å². The summed E-state index contributed by atoms with van der Waals surface area (Å²) in [6.07, 6.45) is 1.36. The molecule has 3 rings (SSSR count). The minimum Gasteiger partial charge on any atom is -0.464 e. The van der Waals surface area contributed by atoms with Crippen molar-refractivity contribution in [1.82, 2.24) is 20.0 Å². The first kappa shape index (κ1) is 18.0. The van der Waals surface area contributed by atoms with Crippen LogP contribution in [0, 0.1) is 0 Å². The fourth-order valence-corrected chi connectivity index (χ4v) is 2.84. The van der Waals surface area contributed by atoms with Gasteiger partial charge in [0.1, 0.15) is 5.69 Å². The molecule has 0 atom stereocenters. The summed E-state index contributed by atoms with van der Waals surface area (Å²) in [6.45, 7) is 0. The first-order valence-corrected chi connectivity index (χ1v) is 8.08. The van der Waals surface area contributed by atoms with E-state index < -0.39 is 11.9 Å². The van der Waals surface area contributed by atoms with Crippen molar-refractivity contribution in [2.24, 2.45) is 7.05 Å². The Morgan fingerprint density at radius 1 is 1.27 bits per heavy atom. The van der Waals surface area contributed by atoms with E-state index in [4.69, 9.17) is 27.9 Å². The van der Waals surface area contributed by atoms with Crippen molar-refractivity contribution in [2.45, 2.75) is 0 Å². The van der Waals surface area contributed by atoms with Crippen LogP contribution in [0.15, 0.2) is 30.5 Å². The van der Waals surface area contributed by atoms with Crippen LogP contribution < -0.4 is 5.32 Å². The van der Waals surface area contributed by atoms with Gasteiger partial charge in [0.05, 0.1) is 29.7 Å². The number of amides is 1. The number of rotatable bonds is 4. The molecule has 10 heteroatoms. The highest BCUT2D eigenvalue weighted by Crippen LogP contribution is 2.29. The van der Waals surface area contributed by atoms with E-state index in [-0.39, 0.29) is 17.1 Å². The van der Waals surface area contributed by atoms with Crippen LogP contribution in [0.2, 0.25) is 10.0 Å². The highest BCUT2D eigenvalue weighted by Gasteiger charge is 2.21. The van der Waals surface area contributed by atoms with Gasteiger partial charge in [-0.05, 0) is 24.3 Å². The molecule has 0 aliphatic carbocycles. The largest absolute Gasteiger partial charge is 0.464 e. The van der Waals surface area contributed by atoms with Crippen LogP contribution in [-0.4, -0.2) is 39.0 Å². The molecule has 0 spiro atoms. The number of aryl methyl sites for hydroxylation is 1. The van der Waals surface area contributed by atoms with Crippen LogP contribution in [0.4, 0.5) is 5.69 Å². The fraction of sp³-hybridized carbons (Fsp3) is 0.125. The Balaban J connectivity index is 1.84. The zero-order valence-electron chi connectivity index (χ0n) is 13.7. The Hall–Kier alpha value is -2.84.